The van der Waals surface area contributed by atoms with Crippen molar-refractivity contribution in [3.05, 3.63) is 72.0 Å². The fraction of sp³-hybridized carbons (Fsp3) is 0.320. The Morgan fingerprint density at radius 1 is 1.00 bits per heavy atom. The summed E-state index contributed by atoms with van der Waals surface area (Å²) in [5, 5.41) is 3.94. The van der Waals surface area contributed by atoms with Crippen LogP contribution in [0.3, 0.4) is 0 Å². The van der Waals surface area contributed by atoms with E-state index >= 15 is 0 Å². The quantitative estimate of drug-likeness (QED) is 0.391. The van der Waals surface area contributed by atoms with Crippen LogP contribution in [0.15, 0.2) is 66.4 Å². The first kappa shape index (κ1) is 20.1. The average Bonchev–Trinajstić information content (AvgIpc) is 3.36. The van der Waals surface area contributed by atoms with Gasteiger partial charge in [0.25, 0.3) is 0 Å². The highest BCUT2D eigenvalue weighted by Crippen LogP contribution is 2.29. The normalized spacial score (nSPS) is 15.4. The third kappa shape index (κ3) is 4.92. The lowest BCUT2D eigenvalue weighted by Gasteiger charge is -2.32. The largest absolute Gasteiger partial charge is 0.477 e. The molecule has 0 aliphatic carbocycles. The molecule has 0 spiro atoms. The van der Waals surface area contributed by atoms with Crippen LogP contribution in [0.5, 0.6) is 5.88 Å². The van der Waals surface area contributed by atoms with Crippen molar-refractivity contribution in [3.63, 3.8) is 0 Å². The molecule has 6 heteroatoms. The molecule has 0 radical (unpaired) electrons. The van der Waals surface area contributed by atoms with E-state index in [1.165, 1.54) is 18.4 Å². The van der Waals surface area contributed by atoms with Crippen LogP contribution in [0.1, 0.15) is 24.8 Å². The molecule has 2 aromatic carbocycles. The first-order valence-electron chi connectivity index (χ1n) is 10.9. The molecule has 1 aliphatic rings. The zero-order valence-electron chi connectivity index (χ0n) is 17.5. The van der Waals surface area contributed by atoms with Gasteiger partial charge in [0.1, 0.15) is 11.3 Å². The molecule has 158 valence electrons. The Morgan fingerprint density at radius 3 is 2.68 bits per heavy atom. The van der Waals surface area contributed by atoms with Crippen LogP contribution in [0, 0.1) is 5.92 Å². The van der Waals surface area contributed by atoms with E-state index < -0.39 is 0 Å². The molecule has 3 heterocycles. The fourth-order valence-electron chi connectivity index (χ4n) is 4.24. The van der Waals surface area contributed by atoms with E-state index in [9.17, 15) is 0 Å². The van der Waals surface area contributed by atoms with Gasteiger partial charge >= 0.3 is 0 Å². The Hall–Kier alpha value is -2.83. The Kier molecular flexibility index (Phi) is 6.18. The van der Waals surface area contributed by atoms with Crippen molar-refractivity contribution in [2.24, 2.45) is 5.92 Å². The number of thiazole rings is 1. The van der Waals surface area contributed by atoms with Gasteiger partial charge in [-0.25, -0.2) is 15.0 Å². The zero-order chi connectivity index (χ0) is 20.9. The van der Waals surface area contributed by atoms with Crippen molar-refractivity contribution in [2.75, 3.05) is 19.7 Å². The number of likely N-dealkylation sites (tertiary alicyclic amines) is 1. The van der Waals surface area contributed by atoms with E-state index in [2.05, 4.69) is 62.3 Å². The van der Waals surface area contributed by atoms with Gasteiger partial charge in [-0.1, -0.05) is 30.3 Å². The Morgan fingerprint density at radius 2 is 1.87 bits per heavy atom. The van der Waals surface area contributed by atoms with E-state index in [0.717, 1.165) is 47.5 Å². The van der Waals surface area contributed by atoms with Crippen LogP contribution in [-0.4, -0.2) is 39.5 Å². The van der Waals surface area contributed by atoms with Gasteiger partial charge in [0.15, 0.2) is 0 Å². The molecule has 0 amide bonds. The second-order valence-electron chi connectivity index (χ2n) is 8.09. The Balaban J connectivity index is 1.16. The number of hydrogen-bond donors (Lipinski definition) is 0. The number of aromatic nitrogens is 3. The summed E-state index contributed by atoms with van der Waals surface area (Å²) < 4.78 is 6.14. The number of nitrogens with zero attached hydrogens (tertiary/aromatic N) is 4. The van der Waals surface area contributed by atoms with Crippen LogP contribution >= 0.6 is 11.3 Å². The molecule has 0 bridgehead atoms. The number of rotatable bonds is 7. The van der Waals surface area contributed by atoms with Gasteiger partial charge in [0.2, 0.25) is 5.88 Å². The third-order valence-electron chi connectivity index (χ3n) is 6.00. The second-order valence-corrected chi connectivity index (χ2v) is 8.98. The van der Waals surface area contributed by atoms with Crippen LogP contribution in [0.2, 0.25) is 0 Å². The topological polar surface area (TPSA) is 51.1 Å². The number of piperidine rings is 1. The minimum absolute atomic E-state index is 0.671. The number of benzene rings is 2. The molecule has 2 aromatic heterocycles. The van der Waals surface area contributed by atoms with Gasteiger partial charge in [-0.2, -0.15) is 0 Å². The summed E-state index contributed by atoms with van der Waals surface area (Å²) >= 11 is 1.63. The summed E-state index contributed by atoms with van der Waals surface area (Å²) in [7, 11) is 0. The highest BCUT2D eigenvalue weighted by Gasteiger charge is 2.19. The standard InChI is InChI=1S/C25H26N4OS/c1-2-4-20(5-3-1)17-29-12-8-19(9-13-29)10-14-30-24-22-16-21(25-26-11-15-31-25)6-7-23(22)27-18-28-24/h1-7,11,15-16,18-19H,8-10,12-14,17H2. The van der Waals surface area contributed by atoms with Crippen LogP contribution in [-0.2, 0) is 6.54 Å². The zero-order valence-corrected chi connectivity index (χ0v) is 18.3. The van der Waals surface area contributed by atoms with E-state index in [1.807, 2.05) is 17.6 Å². The Bertz CT molecular complexity index is 1110. The van der Waals surface area contributed by atoms with Crippen molar-refractivity contribution < 1.29 is 4.74 Å². The molecule has 5 nitrogen and oxygen atoms in total. The van der Waals surface area contributed by atoms with E-state index in [0.29, 0.717) is 18.4 Å². The maximum absolute atomic E-state index is 6.14. The molecule has 31 heavy (non-hydrogen) atoms. The molecule has 0 saturated carbocycles. The van der Waals surface area contributed by atoms with Crippen LogP contribution in [0.25, 0.3) is 21.5 Å². The molecule has 0 N–H and O–H groups in total. The van der Waals surface area contributed by atoms with Crippen molar-refractivity contribution in [2.45, 2.75) is 25.8 Å². The molecule has 0 unspecified atom stereocenters. The highest BCUT2D eigenvalue weighted by atomic mass is 32.1. The summed E-state index contributed by atoms with van der Waals surface area (Å²) in [6, 6.07) is 16.9. The maximum atomic E-state index is 6.14. The molecule has 0 atom stereocenters. The minimum atomic E-state index is 0.671. The van der Waals surface area contributed by atoms with Gasteiger partial charge in [-0.15, -0.1) is 11.3 Å². The average molecular weight is 431 g/mol. The van der Waals surface area contributed by atoms with Crippen molar-refractivity contribution >= 4 is 22.2 Å². The van der Waals surface area contributed by atoms with E-state index in [1.54, 1.807) is 17.7 Å². The summed E-state index contributed by atoms with van der Waals surface area (Å²) in [5.41, 5.74) is 3.38. The molecule has 1 fully saturated rings. The minimum Gasteiger partial charge on any atom is -0.477 e. The lowest BCUT2D eigenvalue weighted by atomic mass is 9.93. The predicted molar refractivity (Wildman–Crippen MR) is 125 cm³/mol. The summed E-state index contributed by atoms with van der Waals surface area (Å²) in [4.78, 5) is 15.8. The molecular weight excluding hydrogens is 404 g/mol. The first-order valence-corrected chi connectivity index (χ1v) is 11.8. The summed E-state index contributed by atoms with van der Waals surface area (Å²) in [6.07, 6.45) is 6.94. The maximum Gasteiger partial charge on any atom is 0.224 e. The molecule has 1 aliphatic heterocycles. The molecule has 5 rings (SSSR count). The molecule has 4 aromatic rings. The second kappa shape index (κ2) is 9.54. The van der Waals surface area contributed by atoms with E-state index in [-0.39, 0.29) is 0 Å². The number of hydrogen-bond acceptors (Lipinski definition) is 6. The monoisotopic (exact) mass is 430 g/mol. The number of fused-ring (bicyclic) bond motifs is 1. The van der Waals surface area contributed by atoms with Gasteiger partial charge < -0.3 is 4.74 Å². The summed E-state index contributed by atoms with van der Waals surface area (Å²) in [6.45, 7) is 4.07. The van der Waals surface area contributed by atoms with Crippen molar-refractivity contribution in [1.29, 1.82) is 0 Å². The molecule has 1 saturated heterocycles. The SMILES string of the molecule is c1ccc(CN2CCC(CCOc3ncnc4ccc(-c5nccs5)cc34)CC2)cc1. The van der Waals surface area contributed by atoms with Crippen molar-refractivity contribution in [3.8, 4) is 16.5 Å². The number of ether oxygens (including phenoxy) is 1. The summed E-state index contributed by atoms with van der Waals surface area (Å²) in [5.74, 6) is 1.39. The fourth-order valence-corrected chi connectivity index (χ4v) is 4.88. The van der Waals surface area contributed by atoms with Gasteiger partial charge in [0.05, 0.1) is 17.5 Å². The van der Waals surface area contributed by atoms with Gasteiger partial charge in [-0.05, 0) is 62.0 Å². The highest BCUT2D eigenvalue weighted by molar-refractivity contribution is 7.13. The molecular formula is C25H26N4OS. The predicted octanol–water partition coefficient (Wildman–Crippen LogP) is 5.43. The Labute approximate surface area is 186 Å². The van der Waals surface area contributed by atoms with Crippen molar-refractivity contribution in [1.82, 2.24) is 19.9 Å². The lowest BCUT2D eigenvalue weighted by Crippen LogP contribution is -2.33. The smallest absolute Gasteiger partial charge is 0.224 e. The third-order valence-corrected chi connectivity index (χ3v) is 6.82. The van der Waals surface area contributed by atoms with Crippen LogP contribution < -0.4 is 4.74 Å². The first-order chi connectivity index (χ1) is 15.3. The lowest BCUT2D eigenvalue weighted by molar-refractivity contribution is 0.157. The van der Waals surface area contributed by atoms with E-state index in [4.69, 9.17) is 4.74 Å². The van der Waals surface area contributed by atoms with Gasteiger partial charge in [0, 0.05) is 23.7 Å². The van der Waals surface area contributed by atoms with Crippen LogP contribution in [0.4, 0.5) is 0 Å². The van der Waals surface area contributed by atoms with Gasteiger partial charge in [-0.3, -0.25) is 4.90 Å².